The maximum atomic E-state index is 11.1. The number of thiophene rings is 1. The van der Waals surface area contributed by atoms with Crippen LogP contribution in [0.4, 0.5) is 0 Å². The minimum absolute atomic E-state index is 0.244. The maximum Gasteiger partial charge on any atom is 0.312 e. The van der Waals surface area contributed by atoms with Crippen molar-refractivity contribution in [3.63, 3.8) is 0 Å². The Morgan fingerprint density at radius 1 is 1.50 bits per heavy atom. The fourth-order valence-electron chi connectivity index (χ4n) is 1.15. The van der Waals surface area contributed by atoms with E-state index in [0.29, 0.717) is 0 Å². The van der Waals surface area contributed by atoms with E-state index in [1.54, 1.807) is 11.3 Å². The third-order valence-electron chi connectivity index (χ3n) is 1.89. The largest absolute Gasteiger partial charge is 0.469 e. The molecule has 0 bridgehead atoms. The molecule has 0 amide bonds. The maximum absolute atomic E-state index is 11.1. The lowest BCUT2D eigenvalue weighted by molar-refractivity contribution is -0.139. The molecule has 6 heteroatoms. The smallest absolute Gasteiger partial charge is 0.312 e. The zero-order chi connectivity index (χ0) is 11.5. The number of hydrogen-bond acceptors (Lipinski definition) is 5. The Balaban J connectivity index is 2.16. The summed E-state index contributed by atoms with van der Waals surface area (Å²) in [6.45, 7) is 0. The number of aromatic nitrogens is 1. The number of carbonyl (C=O) groups is 1. The second-order valence-electron chi connectivity index (χ2n) is 3.01. The first-order valence-electron chi connectivity index (χ1n) is 4.44. The molecule has 0 saturated carbocycles. The average Bonchev–Trinajstić information content (AvgIpc) is 2.87. The number of rotatable bonds is 3. The van der Waals surface area contributed by atoms with Gasteiger partial charge in [0, 0.05) is 15.2 Å². The number of ether oxygens (including phenoxy) is 1. The molecule has 0 spiro atoms. The zero-order valence-corrected chi connectivity index (χ0v) is 11.6. The number of nitrogens with zero attached hydrogens (tertiary/aromatic N) is 1. The van der Waals surface area contributed by atoms with E-state index >= 15 is 0 Å². The first-order valence-corrected chi connectivity index (χ1v) is 7.00. The summed E-state index contributed by atoms with van der Waals surface area (Å²) in [6, 6.07) is 2.02. The summed E-state index contributed by atoms with van der Waals surface area (Å²) in [5, 5.41) is 4.75. The molecule has 0 fully saturated rings. The quantitative estimate of drug-likeness (QED) is 0.815. The normalized spacial score (nSPS) is 10.4. The molecule has 0 atom stereocenters. The highest BCUT2D eigenvalue weighted by atomic mass is 79.9. The lowest BCUT2D eigenvalue weighted by Crippen LogP contribution is -2.03. The molecule has 0 unspecified atom stereocenters. The predicted molar refractivity (Wildman–Crippen MR) is 68.8 cm³/mol. The van der Waals surface area contributed by atoms with Crippen LogP contribution in [0.5, 0.6) is 0 Å². The van der Waals surface area contributed by atoms with Crippen molar-refractivity contribution < 1.29 is 9.53 Å². The Morgan fingerprint density at radius 2 is 2.31 bits per heavy atom. The van der Waals surface area contributed by atoms with Gasteiger partial charge < -0.3 is 4.74 Å². The number of esters is 1. The zero-order valence-electron chi connectivity index (χ0n) is 8.40. The molecule has 0 radical (unpaired) electrons. The van der Waals surface area contributed by atoms with Crippen LogP contribution in [0.3, 0.4) is 0 Å². The average molecular weight is 318 g/mol. The lowest BCUT2D eigenvalue weighted by Gasteiger charge is -1.93. The van der Waals surface area contributed by atoms with Crippen LogP contribution in [0, 0.1) is 0 Å². The van der Waals surface area contributed by atoms with Crippen molar-refractivity contribution in [3.05, 3.63) is 26.3 Å². The highest BCUT2D eigenvalue weighted by Gasteiger charge is 2.10. The van der Waals surface area contributed by atoms with Crippen molar-refractivity contribution in [2.24, 2.45) is 0 Å². The second kappa shape index (κ2) is 5.07. The van der Waals surface area contributed by atoms with Gasteiger partial charge >= 0.3 is 5.97 Å². The Bertz CT molecular complexity index is 506. The van der Waals surface area contributed by atoms with Gasteiger partial charge in [-0.25, -0.2) is 4.98 Å². The SMILES string of the molecule is COC(=O)Cc1nc(-c2cc(Br)cs2)cs1. The molecule has 84 valence electrons. The molecule has 2 aromatic heterocycles. The highest BCUT2D eigenvalue weighted by molar-refractivity contribution is 9.10. The molecular formula is C10H8BrNO2S2. The molecule has 0 aliphatic heterocycles. The third-order valence-corrected chi connectivity index (χ3v) is 4.46. The highest BCUT2D eigenvalue weighted by Crippen LogP contribution is 2.30. The number of carbonyl (C=O) groups excluding carboxylic acids is 1. The second-order valence-corrected chi connectivity index (χ2v) is 5.78. The van der Waals surface area contributed by atoms with E-state index in [-0.39, 0.29) is 12.4 Å². The Kier molecular flexibility index (Phi) is 3.73. The van der Waals surface area contributed by atoms with Gasteiger partial charge in [-0.15, -0.1) is 22.7 Å². The van der Waals surface area contributed by atoms with Crippen molar-refractivity contribution in [1.82, 2.24) is 4.98 Å². The molecule has 0 aromatic carbocycles. The summed E-state index contributed by atoms with van der Waals surface area (Å²) in [5.74, 6) is -0.256. The van der Waals surface area contributed by atoms with Crippen LogP contribution >= 0.6 is 38.6 Å². The predicted octanol–water partition coefficient (Wildman–Crippen LogP) is 3.35. The lowest BCUT2D eigenvalue weighted by atomic mass is 10.4. The van der Waals surface area contributed by atoms with Crippen molar-refractivity contribution in [2.75, 3.05) is 7.11 Å². The molecule has 0 N–H and O–H groups in total. The van der Waals surface area contributed by atoms with Crippen LogP contribution in [-0.4, -0.2) is 18.1 Å². The molecule has 3 nitrogen and oxygen atoms in total. The summed E-state index contributed by atoms with van der Waals surface area (Å²) in [6.07, 6.45) is 0.244. The number of methoxy groups -OCH3 is 1. The van der Waals surface area contributed by atoms with Gasteiger partial charge in [-0.2, -0.15) is 0 Å². The van der Waals surface area contributed by atoms with E-state index in [1.807, 2.05) is 16.8 Å². The Labute approximate surface area is 109 Å². The summed E-state index contributed by atoms with van der Waals surface area (Å²) < 4.78 is 5.65. The monoisotopic (exact) mass is 317 g/mol. The van der Waals surface area contributed by atoms with Gasteiger partial charge in [0.2, 0.25) is 0 Å². The summed E-state index contributed by atoms with van der Waals surface area (Å²) in [7, 11) is 1.38. The number of halogens is 1. The molecule has 0 aliphatic rings. The molecule has 16 heavy (non-hydrogen) atoms. The van der Waals surface area contributed by atoms with Gasteiger partial charge in [-0.3, -0.25) is 4.79 Å². The van der Waals surface area contributed by atoms with Crippen LogP contribution in [0.25, 0.3) is 10.6 Å². The minimum atomic E-state index is -0.256. The summed E-state index contributed by atoms with van der Waals surface area (Å²) >= 11 is 6.50. The van der Waals surface area contributed by atoms with Crippen LogP contribution in [-0.2, 0) is 16.0 Å². The van der Waals surface area contributed by atoms with Crippen molar-refractivity contribution in [3.8, 4) is 10.6 Å². The van der Waals surface area contributed by atoms with E-state index in [9.17, 15) is 4.79 Å². The van der Waals surface area contributed by atoms with Crippen molar-refractivity contribution in [2.45, 2.75) is 6.42 Å². The molecule has 0 saturated heterocycles. The molecule has 0 aliphatic carbocycles. The van der Waals surface area contributed by atoms with Gasteiger partial charge in [-0.1, -0.05) is 0 Å². The molecule has 2 heterocycles. The Morgan fingerprint density at radius 3 is 2.94 bits per heavy atom. The van der Waals surface area contributed by atoms with Crippen LogP contribution in [0.1, 0.15) is 5.01 Å². The van der Waals surface area contributed by atoms with E-state index in [2.05, 4.69) is 25.7 Å². The minimum Gasteiger partial charge on any atom is -0.469 e. The van der Waals surface area contributed by atoms with Crippen LogP contribution in [0.15, 0.2) is 21.3 Å². The van der Waals surface area contributed by atoms with Gasteiger partial charge in [0.05, 0.1) is 24.1 Å². The van der Waals surface area contributed by atoms with E-state index in [1.165, 1.54) is 18.4 Å². The van der Waals surface area contributed by atoms with Crippen LogP contribution in [0.2, 0.25) is 0 Å². The first-order chi connectivity index (χ1) is 7.69. The van der Waals surface area contributed by atoms with E-state index in [4.69, 9.17) is 0 Å². The molecule has 2 rings (SSSR count). The van der Waals surface area contributed by atoms with Gasteiger partial charge in [-0.05, 0) is 22.0 Å². The van der Waals surface area contributed by atoms with E-state index < -0.39 is 0 Å². The molecule has 2 aromatic rings. The molecular weight excluding hydrogens is 310 g/mol. The van der Waals surface area contributed by atoms with Crippen LogP contribution < -0.4 is 0 Å². The first kappa shape index (κ1) is 11.8. The summed E-state index contributed by atoms with van der Waals surface area (Å²) in [5.41, 5.74) is 0.916. The summed E-state index contributed by atoms with van der Waals surface area (Å²) in [4.78, 5) is 16.6. The Hall–Kier alpha value is -0.720. The standard InChI is InChI=1S/C10H8BrNO2S2/c1-14-10(13)3-9-12-7(5-16-9)8-2-6(11)4-15-8/h2,4-5H,3H2,1H3. The van der Waals surface area contributed by atoms with Gasteiger partial charge in [0.25, 0.3) is 0 Å². The van der Waals surface area contributed by atoms with Crippen molar-refractivity contribution in [1.29, 1.82) is 0 Å². The number of hydrogen-bond donors (Lipinski definition) is 0. The van der Waals surface area contributed by atoms with E-state index in [0.717, 1.165) is 20.1 Å². The van der Waals surface area contributed by atoms with Crippen molar-refractivity contribution >= 4 is 44.6 Å². The van der Waals surface area contributed by atoms with Gasteiger partial charge in [0.1, 0.15) is 5.01 Å². The third kappa shape index (κ3) is 2.69. The fourth-order valence-corrected chi connectivity index (χ4v) is 3.39. The van der Waals surface area contributed by atoms with Gasteiger partial charge in [0.15, 0.2) is 0 Å². The number of thiazole rings is 1. The topological polar surface area (TPSA) is 39.2 Å². The fraction of sp³-hybridized carbons (Fsp3) is 0.200.